The molecule has 0 spiro atoms. The number of rotatable bonds is 8. The van der Waals surface area contributed by atoms with E-state index in [1.165, 1.54) is 0 Å². The lowest BCUT2D eigenvalue weighted by atomic mass is 10.1. The molecule has 2 aromatic carbocycles. The SMILES string of the molecule is Cc1ccc(C)c(Oc2ccc(CNC(=O)C(C)OCc3ccccc3)cn2)c1. The first-order valence-corrected chi connectivity index (χ1v) is 9.64. The largest absolute Gasteiger partial charge is 0.439 e. The first-order chi connectivity index (χ1) is 14.0. The molecule has 0 saturated carbocycles. The van der Waals surface area contributed by atoms with Crippen LogP contribution in [0, 0.1) is 13.8 Å². The summed E-state index contributed by atoms with van der Waals surface area (Å²) in [5, 5.41) is 2.88. The maximum atomic E-state index is 12.2. The third-order valence-electron chi connectivity index (χ3n) is 4.53. The lowest BCUT2D eigenvalue weighted by Crippen LogP contribution is -2.34. The first-order valence-electron chi connectivity index (χ1n) is 9.64. The predicted octanol–water partition coefficient (Wildman–Crippen LogP) is 4.71. The molecular formula is C24H26N2O3. The molecule has 1 N–H and O–H groups in total. The molecule has 150 valence electrons. The second-order valence-electron chi connectivity index (χ2n) is 7.03. The van der Waals surface area contributed by atoms with E-state index in [9.17, 15) is 4.79 Å². The summed E-state index contributed by atoms with van der Waals surface area (Å²) in [7, 11) is 0. The van der Waals surface area contributed by atoms with E-state index in [1.54, 1.807) is 19.2 Å². The lowest BCUT2D eigenvalue weighted by Gasteiger charge is -2.14. The third-order valence-corrected chi connectivity index (χ3v) is 4.53. The van der Waals surface area contributed by atoms with Gasteiger partial charge in [0, 0.05) is 18.8 Å². The number of amides is 1. The van der Waals surface area contributed by atoms with Crippen LogP contribution in [0.2, 0.25) is 0 Å². The molecule has 1 unspecified atom stereocenters. The number of benzene rings is 2. The number of nitrogens with one attached hydrogen (secondary N) is 1. The second kappa shape index (κ2) is 9.85. The summed E-state index contributed by atoms with van der Waals surface area (Å²) in [6, 6.07) is 19.5. The number of hydrogen-bond acceptors (Lipinski definition) is 4. The summed E-state index contributed by atoms with van der Waals surface area (Å²) in [5.74, 6) is 1.16. The van der Waals surface area contributed by atoms with Crippen LogP contribution < -0.4 is 10.1 Å². The van der Waals surface area contributed by atoms with Crippen LogP contribution >= 0.6 is 0 Å². The summed E-state index contributed by atoms with van der Waals surface area (Å²) in [5.41, 5.74) is 4.12. The Kier molecular flexibility index (Phi) is 6.98. The normalized spacial score (nSPS) is 11.7. The van der Waals surface area contributed by atoms with Crippen LogP contribution in [0.1, 0.15) is 29.2 Å². The zero-order valence-electron chi connectivity index (χ0n) is 17.0. The predicted molar refractivity (Wildman–Crippen MR) is 113 cm³/mol. The van der Waals surface area contributed by atoms with Crippen LogP contribution in [0.4, 0.5) is 0 Å². The molecule has 0 radical (unpaired) electrons. The van der Waals surface area contributed by atoms with E-state index in [4.69, 9.17) is 9.47 Å². The molecular weight excluding hydrogens is 364 g/mol. The molecule has 29 heavy (non-hydrogen) atoms. The molecule has 3 aromatic rings. The topological polar surface area (TPSA) is 60.5 Å². The van der Waals surface area contributed by atoms with Crippen LogP contribution in [0.3, 0.4) is 0 Å². The number of nitrogens with zero attached hydrogens (tertiary/aromatic N) is 1. The maximum absolute atomic E-state index is 12.2. The van der Waals surface area contributed by atoms with E-state index in [1.807, 2.05) is 68.4 Å². The fourth-order valence-corrected chi connectivity index (χ4v) is 2.71. The Balaban J connectivity index is 1.48. The van der Waals surface area contributed by atoms with E-state index >= 15 is 0 Å². The highest BCUT2D eigenvalue weighted by Gasteiger charge is 2.13. The van der Waals surface area contributed by atoms with Gasteiger partial charge in [-0.25, -0.2) is 4.98 Å². The number of carbonyl (C=O) groups excluding carboxylic acids is 1. The smallest absolute Gasteiger partial charge is 0.249 e. The fraction of sp³-hybridized carbons (Fsp3) is 0.250. The van der Waals surface area contributed by atoms with E-state index in [0.717, 1.165) is 28.0 Å². The van der Waals surface area contributed by atoms with Crippen molar-refractivity contribution >= 4 is 5.91 Å². The van der Waals surface area contributed by atoms with Gasteiger partial charge in [0.1, 0.15) is 11.9 Å². The van der Waals surface area contributed by atoms with Crippen molar-refractivity contribution in [1.82, 2.24) is 10.3 Å². The molecule has 5 nitrogen and oxygen atoms in total. The molecule has 1 atom stereocenters. The zero-order valence-corrected chi connectivity index (χ0v) is 17.0. The average molecular weight is 390 g/mol. The Hall–Kier alpha value is -3.18. The van der Waals surface area contributed by atoms with Crippen molar-refractivity contribution in [3.05, 3.63) is 89.1 Å². The van der Waals surface area contributed by atoms with Gasteiger partial charge in [0.05, 0.1) is 6.61 Å². The van der Waals surface area contributed by atoms with Crippen molar-refractivity contribution in [2.75, 3.05) is 0 Å². The highest BCUT2D eigenvalue weighted by Crippen LogP contribution is 2.24. The van der Waals surface area contributed by atoms with Crippen molar-refractivity contribution < 1.29 is 14.3 Å². The van der Waals surface area contributed by atoms with Gasteiger partial charge >= 0.3 is 0 Å². The average Bonchev–Trinajstić information content (AvgIpc) is 2.74. The summed E-state index contributed by atoms with van der Waals surface area (Å²) < 4.78 is 11.5. The monoisotopic (exact) mass is 390 g/mol. The molecule has 0 fully saturated rings. The van der Waals surface area contributed by atoms with Crippen molar-refractivity contribution in [2.45, 2.75) is 40.0 Å². The first kappa shape index (κ1) is 20.6. The summed E-state index contributed by atoms with van der Waals surface area (Å²) in [6.07, 6.45) is 1.17. The van der Waals surface area contributed by atoms with Crippen molar-refractivity contribution in [3.8, 4) is 11.6 Å². The van der Waals surface area contributed by atoms with Crippen LogP contribution in [-0.4, -0.2) is 17.0 Å². The van der Waals surface area contributed by atoms with E-state index in [0.29, 0.717) is 19.0 Å². The summed E-state index contributed by atoms with van der Waals surface area (Å²) in [6.45, 7) is 6.56. The fourth-order valence-electron chi connectivity index (χ4n) is 2.71. The maximum Gasteiger partial charge on any atom is 0.249 e. The lowest BCUT2D eigenvalue weighted by molar-refractivity contribution is -0.132. The van der Waals surface area contributed by atoms with Crippen molar-refractivity contribution in [1.29, 1.82) is 0 Å². The Morgan fingerprint density at radius 3 is 2.55 bits per heavy atom. The number of aromatic nitrogens is 1. The number of carbonyl (C=O) groups is 1. The van der Waals surface area contributed by atoms with E-state index in [-0.39, 0.29) is 5.91 Å². The van der Waals surface area contributed by atoms with Gasteiger partial charge in [-0.3, -0.25) is 4.79 Å². The molecule has 0 saturated heterocycles. The number of aryl methyl sites for hydroxylation is 2. The Bertz CT molecular complexity index is 940. The molecule has 0 aliphatic heterocycles. The van der Waals surface area contributed by atoms with Gasteiger partial charge in [0.25, 0.3) is 0 Å². The van der Waals surface area contributed by atoms with Crippen LogP contribution in [0.15, 0.2) is 66.9 Å². The Labute approximate surface area is 171 Å². The van der Waals surface area contributed by atoms with Gasteiger partial charge in [0.2, 0.25) is 11.8 Å². The van der Waals surface area contributed by atoms with E-state index in [2.05, 4.69) is 10.3 Å². The number of ether oxygens (including phenoxy) is 2. The molecule has 0 bridgehead atoms. The van der Waals surface area contributed by atoms with Gasteiger partial charge in [-0.15, -0.1) is 0 Å². The van der Waals surface area contributed by atoms with Crippen LogP contribution in [0.5, 0.6) is 11.6 Å². The summed E-state index contributed by atoms with van der Waals surface area (Å²) in [4.78, 5) is 16.6. The number of hydrogen-bond donors (Lipinski definition) is 1. The molecule has 0 aliphatic rings. The molecule has 1 aromatic heterocycles. The minimum absolute atomic E-state index is 0.156. The number of pyridine rings is 1. The zero-order chi connectivity index (χ0) is 20.6. The minimum atomic E-state index is -0.532. The third kappa shape index (κ3) is 6.16. The molecule has 0 aliphatic carbocycles. The standard InChI is InChI=1S/C24H26N2O3/c1-17-9-10-18(2)22(13-17)29-23-12-11-21(14-25-23)15-26-24(27)19(3)28-16-20-7-5-4-6-8-20/h4-14,19H,15-16H2,1-3H3,(H,26,27). The molecule has 5 heteroatoms. The Morgan fingerprint density at radius 2 is 1.83 bits per heavy atom. The quantitative estimate of drug-likeness (QED) is 0.605. The van der Waals surface area contributed by atoms with Gasteiger partial charge < -0.3 is 14.8 Å². The Morgan fingerprint density at radius 1 is 1.03 bits per heavy atom. The van der Waals surface area contributed by atoms with Crippen LogP contribution in [-0.2, 0) is 22.7 Å². The van der Waals surface area contributed by atoms with Gasteiger partial charge in [-0.1, -0.05) is 48.5 Å². The van der Waals surface area contributed by atoms with Crippen molar-refractivity contribution in [3.63, 3.8) is 0 Å². The highest BCUT2D eigenvalue weighted by atomic mass is 16.5. The van der Waals surface area contributed by atoms with Crippen molar-refractivity contribution in [2.24, 2.45) is 0 Å². The highest BCUT2D eigenvalue weighted by molar-refractivity contribution is 5.80. The van der Waals surface area contributed by atoms with Gasteiger partial charge in [-0.2, -0.15) is 0 Å². The van der Waals surface area contributed by atoms with Crippen LogP contribution in [0.25, 0.3) is 0 Å². The van der Waals surface area contributed by atoms with E-state index < -0.39 is 6.10 Å². The molecule has 1 amide bonds. The minimum Gasteiger partial charge on any atom is -0.439 e. The second-order valence-corrected chi connectivity index (χ2v) is 7.03. The molecule has 3 rings (SSSR count). The van der Waals surface area contributed by atoms with Gasteiger partial charge in [0.15, 0.2) is 0 Å². The van der Waals surface area contributed by atoms with Gasteiger partial charge in [-0.05, 0) is 49.1 Å². The summed E-state index contributed by atoms with van der Waals surface area (Å²) >= 11 is 0. The molecule has 1 heterocycles.